The van der Waals surface area contributed by atoms with Gasteiger partial charge in [-0.05, 0) is 42.7 Å². The number of carboxylic acid groups (broad SMARTS) is 1. The number of benzene rings is 1. The van der Waals surface area contributed by atoms with E-state index >= 15 is 0 Å². The zero-order valence-electron chi connectivity index (χ0n) is 10.7. The molecule has 1 fully saturated rings. The molecule has 0 atom stereocenters. The van der Waals surface area contributed by atoms with E-state index in [2.05, 4.69) is 13.8 Å². The highest BCUT2D eigenvalue weighted by Crippen LogP contribution is 2.51. The molecule has 92 valence electrons. The topological polar surface area (TPSA) is 37.3 Å². The van der Waals surface area contributed by atoms with E-state index in [9.17, 15) is 9.90 Å². The van der Waals surface area contributed by atoms with Gasteiger partial charge >= 0.3 is 5.97 Å². The molecule has 1 saturated carbocycles. The van der Waals surface area contributed by atoms with Crippen LogP contribution in [-0.2, 0) is 10.2 Å². The Morgan fingerprint density at radius 1 is 1.35 bits per heavy atom. The van der Waals surface area contributed by atoms with Crippen molar-refractivity contribution in [1.82, 2.24) is 0 Å². The predicted molar refractivity (Wildman–Crippen MR) is 68.1 cm³/mol. The molecular weight excluding hydrogens is 212 g/mol. The summed E-state index contributed by atoms with van der Waals surface area (Å²) in [5.41, 5.74) is 1.47. The zero-order chi connectivity index (χ0) is 12.6. The third-order valence-electron chi connectivity index (χ3n) is 4.23. The molecule has 0 spiro atoms. The van der Waals surface area contributed by atoms with Gasteiger partial charge in [0.25, 0.3) is 0 Å². The minimum Gasteiger partial charge on any atom is -0.481 e. The summed E-state index contributed by atoms with van der Waals surface area (Å²) in [6.07, 6.45) is 1.57. The molecule has 1 aliphatic carbocycles. The van der Waals surface area contributed by atoms with Crippen molar-refractivity contribution in [2.45, 2.75) is 39.0 Å². The first kappa shape index (κ1) is 12.2. The van der Waals surface area contributed by atoms with Gasteiger partial charge < -0.3 is 5.11 Å². The molecule has 0 heterocycles. The van der Waals surface area contributed by atoms with Gasteiger partial charge in [0.1, 0.15) is 0 Å². The van der Waals surface area contributed by atoms with Crippen molar-refractivity contribution >= 4 is 5.97 Å². The van der Waals surface area contributed by atoms with Gasteiger partial charge in [0.05, 0.1) is 5.41 Å². The standard InChI is InChI=1S/C15H20O2/c1-10(2)12-8-15(9-12,14(16)17)13-7-5-4-6-11(13)3/h4-7,10,12H,8-9H2,1-3H3,(H,16,17). The van der Waals surface area contributed by atoms with E-state index < -0.39 is 11.4 Å². The SMILES string of the molecule is Cc1ccccc1C1(C(=O)O)CC(C(C)C)C1. The molecule has 1 aromatic rings. The van der Waals surface area contributed by atoms with Crippen LogP contribution in [0, 0.1) is 18.8 Å². The average Bonchev–Trinajstić information content (AvgIpc) is 2.17. The van der Waals surface area contributed by atoms with E-state index in [0.29, 0.717) is 11.8 Å². The number of aliphatic carboxylic acids is 1. The highest BCUT2D eigenvalue weighted by Gasteiger charge is 2.52. The third-order valence-corrected chi connectivity index (χ3v) is 4.23. The third kappa shape index (κ3) is 1.86. The second-order valence-corrected chi connectivity index (χ2v) is 5.61. The predicted octanol–water partition coefficient (Wildman–Crippen LogP) is 3.38. The summed E-state index contributed by atoms with van der Waals surface area (Å²) < 4.78 is 0. The van der Waals surface area contributed by atoms with Crippen molar-refractivity contribution in [3.8, 4) is 0 Å². The van der Waals surface area contributed by atoms with E-state index in [0.717, 1.165) is 24.0 Å². The Balaban J connectivity index is 2.33. The quantitative estimate of drug-likeness (QED) is 0.867. The van der Waals surface area contributed by atoms with E-state index in [1.165, 1.54) is 0 Å². The number of carbonyl (C=O) groups is 1. The smallest absolute Gasteiger partial charge is 0.314 e. The van der Waals surface area contributed by atoms with Crippen molar-refractivity contribution in [1.29, 1.82) is 0 Å². The molecule has 0 aromatic heterocycles. The van der Waals surface area contributed by atoms with Crippen LogP contribution in [0.1, 0.15) is 37.8 Å². The second kappa shape index (κ2) is 4.17. The Bertz CT molecular complexity index is 428. The van der Waals surface area contributed by atoms with Crippen LogP contribution in [0.25, 0.3) is 0 Å². The minimum atomic E-state index is -0.663. The van der Waals surface area contributed by atoms with Crippen LogP contribution >= 0.6 is 0 Å². The normalized spacial score (nSPS) is 27.9. The molecule has 1 aliphatic rings. The first-order valence-corrected chi connectivity index (χ1v) is 6.27. The lowest BCUT2D eigenvalue weighted by molar-refractivity contribution is -0.150. The van der Waals surface area contributed by atoms with E-state index in [4.69, 9.17) is 0 Å². The fourth-order valence-electron chi connectivity index (χ4n) is 2.93. The van der Waals surface area contributed by atoms with Gasteiger partial charge in [-0.2, -0.15) is 0 Å². The highest BCUT2D eigenvalue weighted by atomic mass is 16.4. The Labute approximate surface area is 103 Å². The summed E-state index contributed by atoms with van der Waals surface area (Å²) in [5.74, 6) is 0.459. The Morgan fingerprint density at radius 3 is 2.41 bits per heavy atom. The van der Waals surface area contributed by atoms with E-state index in [-0.39, 0.29) is 0 Å². The fraction of sp³-hybridized carbons (Fsp3) is 0.533. The Hall–Kier alpha value is -1.31. The Kier molecular flexibility index (Phi) is 2.98. The second-order valence-electron chi connectivity index (χ2n) is 5.61. The molecule has 17 heavy (non-hydrogen) atoms. The van der Waals surface area contributed by atoms with Crippen molar-refractivity contribution in [3.05, 3.63) is 35.4 Å². The molecule has 0 amide bonds. The molecule has 2 nitrogen and oxygen atoms in total. The number of hydrogen-bond donors (Lipinski definition) is 1. The maximum atomic E-state index is 11.6. The van der Waals surface area contributed by atoms with Gasteiger partial charge in [-0.15, -0.1) is 0 Å². The fourth-order valence-corrected chi connectivity index (χ4v) is 2.93. The van der Waals surface area contributed by atoms with Gasteiger partial charge in [0.15, 0.2) is 0 Å². The molecule has 1 N–H and O–H groups in total. The number of rotatable bonds is 3. The zero-order valence-corrected chi connectivity index (χ0v) is 10.7. The number of hydrogen-bond acceptors (Lipinski definition) is 1. The van der Waals surface area contributed by atoms with Crippen LogP contribution in [0.4, 0.5) is 0 Å². The van der Waals surface area contributed by atoms with Gasteiger partial charge in [0.2, 0.25) is 0 Å². The first-order valence-electron chi connectivity index (χ1n) is 6.27. The van der Waals surface area contributed by atoms with Gasteiger partial charge in [-0.25, -0.2) is 0 Å². The van der Waals surface area contributed by atoms with Crippen LogP contribution in [-0.4, -0.2) is 11.1 Å². The summed E-state index contributed by atoms with van der Waals surface area (Å²) in [4.78, 5) is 11.6. The van der Waals surface area contributed by atoms with E-state index in [1.54, 1.807) is 0 Å². The number of aryl methyl sites for hydroxylation is 1. The van der Waals surface area contributed by atoms with Crippen molar-refractivity contribution in [2.75, 3.05) is 0 Å². The molecule has 0 aliphatic heterocycles. The van der Waals surface area contributed by atoms with Crippen molar-refractivity contribution in [3.63, 3.8) is 0 Å². The molecule has 2 rings (SSSR count). The van der Waals surface area contributed by atoms with Gasteiger partial charge in [0, 0.05) is 0 Å². The highest BCUT2D eigenvalue weighted by molar-refractivity contribution is 5.83. The lowest BCUT2D eigenvalue weighted by Gasteiger charge is -2.47. The van der Waals surface area contributed by atoms with Crippen molar-refractivity contribution in [2.24, 2.45) is 11.8 Å². The summed E-state index contributed by atoms with van der Waals surface area (Å²) in [5, 5.41) is 9.56. The maximum Gasteiger partial charge on any atom is 0.314 e. The number of carboxylic acids is 1. The largest absolute Gasteiger partial charge is 0.481 e. The van der Waals surface area contributed by atoms with Crippen LogP contribution in [0.3, 0.4) is 0 Å². The Morgan fingerprint density at radius 2 is 1.94 bits per heavy atom. The minimum absolute atomic E-state index is 0.547. The van der Waals surface area contributed by atoms with Crippen LogP contribution < -0.4 is 0 Å². The van der Waals surface area contributed by atoms with E-state index in [1.807, 2.05) is 31.2 Å². The monoisotopic (exact) mass is 232 g/mol. The summed E-state index contributed by atoms with van der Waals surface area (Å²) in [7, 11) is 0. The molecule has 0 bridgehead atoms. The maximum absolute atomic E-state index is 11.6. The average molecular weight is 232 g/mol. The summed E-state index contributed by atoms with van der Waals surface area (Å²) in [6, 6.07) is 7.88. The van der Waals surface area contributed by atoms with Gasteiger partial charge in [-0.3, -0.25) is 4.79 Å². The molecule has 1 aromatic carbocycles. The molecule has 0 radical (unpaired) electrons. The van der Waals surface area contributed by atoms with Gasteiger partial charge in [-0.1, -0.05) is 38.1 Å². The van der Waals surface area contributed by atoms with Crippen molar-refractivity contribution < 1.29 is 9.90 Å². The lowest BCUT2D eigenvalue weighted by atomic mass is 9.55. The molecule has 2 heteroatoms. The molecule has 0 saturated heterocycles. The summed E-state index contributed by atoms with van der Waals surface area (Å²) in [6.45, 7) is 6.35. The van der Waals surface area contributed by atoms with Crippen LogP contribution in [0.5, 0.6) is 0 Å². The molecular formula is C15H20O2. The summed E-state index contributed by atoms with van der Waals surface area (Å²) >= 11 is 0. The molecule has 0 unspecified atom stereocenters. The van der Waals surface area contributed by atoms with Crippen LogP contribution in [0.2, 0.25) is 0 Å². The lowest BCUT2D eigenvalue weighted by Crippen LogP contribution is -2.49. The first-order chi connectivity index (χ1) is 7.97. The van der Waals surface area contributed by atoms with Crippen LogP contribution in [0.15, 0.2) is 24.3 Å².